The van der Waals surface area contributed by atoms with Crippen molar-refractivity contribution in [3.63, 3.8) is 0 Å². The van der Waals surface area contributed by atoms with E-state index in [9.17, 15) is 10.1 Å². The Bertz CT molecular complexity index is 197. The lowest BCUT2D eigenvalue weighted by molar-refractivity contribution is -0.518. The van der Waals surface area contributed by atoms with E-state index in [1.54, 1.807) is 12.2 Å². The van der Waals surface area contributed by atoms with E-state index in [4.69, 9.17) is 5.11 Å². The highest BCUT2D eigenvalue weighted by Crippen LogP contribution is 2.06. The zero-order valence-electron chi connectivity index (χ0n) is 5.18. The minimum absolute atomic E-state index is 0.509. The van der Waals surface area contributed by atoms with Crippen molar-refractivity contribution in [2.24, 2.45) is 0 Å². The van der Waals surface area contributed by atoms with Crippen molar-refractivity contribution >= 4 is 0 Å². The molecule has 0 fully saturated rings. The molecule has 1 aliphatic carbocycles. The van der Waals surface area contributed by atoms with Crippen LogP contribution in [0.3, 0.4) is 0 Å². The fourth-order valence-corrected chi connectivity index (χ4v) is 0.779. The van der Waals surface area contributed by atoms with Gasteiger partial charge in [0.2, 0.25) is 0 Å². The molecule has 0 amide bonds. The molecule has 1 N–H and O–H groups in total. The summed E-state index contributed by atoms with van der Waals surface area (Å²) in [7, 11) is 0. The number of aliphatic hydroxyl groups is 1. The summed E-state index contributed by atoms with van der Waals surface area (Å²) in [5.41, 5.74) is 0. The first-order valence-electron chi connectivity index (χ1n) is 2.88. The molecule has 0 aromatic rings. The molecule has 0 aliphatic heterocycles. The van der Waals surface area contributed by atoms with Crippen LogP contribution >= 0.6 is 0 Å². The Balaban J connectivity index is 2.70. The Morgan fingerprint density at radius 3 is 2.40 bits per heavy atom. The number of hydrogen-bond donors (Lipinski definition) is 1. The van der Waals surface area contributed by atoms with Gasteiger partial charge in [-0.2, -0.15) is 0 Å². The summed E-state index contributed by atoms with van der Waals surface area (Å²) in [5.74, 6) is 0. The second kappa shape index (κ2) is 2.62. The first-order valence-corrected chi connectivity index (χ1v) is 2.88. The quantitative estimate of drug-likeness (QED) is 0.416. The Morgan fingerprint density at radius 2 is 2.00 bits per heavy atom. The number of rotatable bonds is 1. The van der Waals surface area contributed by atoms with Crippen molar-refractivity contribution in [1.29, 1.82) is 0 Å². The van der Waals surface area contributed by atoms with Crippen LogP contribution < -0.4 is 0 Å². The van der Waals surface area contributed by atoms with E-state index in [1.807, 2.05) is 0 Å². The maximum atomic E-state index is 10.1. The van der Waals surface area contributed by atoms with Crippen LogP contribution in [-0.2, 0) is 0 Å². The van der Waals surface area contributed by atoms with Crippen LogP contribution in [-0.4, -0.2) is 22.2 Å². The highest BCUT2D eigenvalue weighted by atomic mass is 16.6. The Kier molecular flexibility index (Phi) is 1.82. The predicted molar refractivity (Wildman–Crippen MR) is 35.1 cm³/mol. The summed E-state index contributed by atoms with van der Waals surface area (Å²) in [6, 6.07) is -0.968. The van der Waals surface area contributed by atoms with E-state index in [0.29, 0.717) is 0 Å². The minimum atomic E-state index is -0.972. The molecule has 0 spiro atoms. The molecular weight excluding hydrogens is 134 g/mol. The molecule has 0 radical (unpaired) electrons. The van der Waals surface area contributed by atoms with E-state index >= 15 is 0 Å². The molecule has 4 heteroatoms. The van der Waals surface area contributed by atoms with Crippen molar-refractivity contribution in [2.45, 2.75) is 12.1 Å². The topological polar surface area (TPSA) is 63.4 Å². The van der Waals surface area contributed by atoms with E-state index in [1.165, 1.54) is 12.2 Å². The molecule has 0 unspecified atom stereocenters. The van der Waals surface area contributed by atoms with Gasteiger partial charge < -0.3 is 5.11 Å². The first kappa shape index (κ1) is 6.95. The van der Waals surface area contributed by atoms with Gasteiger partial charge in [0.25, 0.3) is 6.04 Å². The van der Waals surface area contributed by atoms with Gasteiger partial charge in [0, 0.05) is 4.92 Å². The molecule has 1 aliphatic rings. The number of nitrogens with zero attached hydrogens (tertiary/aromatic N) is 1. The monoisotopic (exact) mass is 141 g/mol. The van der Waals surface area contributed by atoms with Crippen LogP contribution in [0.25, 0.3) is 0 Å². The van der Waals surface area contributed by atoms with Crippen molar-refractivity contribution < 1.29 is 10.0 Å². The summed E-state index contributed by atoms with van der Waals surface area (Å²) in [5, 5.41) is 19.1. The number of hydrogen-bond acceptors (Lipinski definition) is 3. The third-order valence-electron chi connectivity index (χ3n) is 1.32. The van der Waals surface area contributed by atoms with Crippen LogP contribution in [0.5, 0.6) is 0 Å². The van der Waals surface area contributed by atoms with Gasteiger partial charge in [-0.15, -0.1) is 0 Å². The molecule has 0 saturated carbocycles. The lowest BCUT2D eigenvalue weighted by Gasteiger charge is -2.10. The summed E-state index contributed by atoms with van der Waals surface area (Å²) >= 11 is 0. The fraction of sp³-hybridized carbons (Fsp3) is 0.333. The summed E-state index contributed by atoms with van der Waals surface area (Å²) in [6.45, 7) is 0. The largest absolute Gasteiger partial charge is 0.381 e. The zero-order chi connectivity index (χ0) is 7.56. The van der Waals surface area contributed by atoms with E-state index in [2.05, 4.69) is 0 Å². The molecular formula is C6H7NO3. The second-order valence-electron chi connectivity index (χ2n) is 2.04. The third kappa shape index (κ3) is 1.22. The highest BCUT2D eigenvalue weighted by molar-refractivity contribution is 5.15. The lowest BCUT2D eigenvalue weighted by atomic mass is 10.1. The van der Waals surface area contributed by atoms with Gasteiger partial charge in [0.1, 0.15) is 6.10 Å². The molecule has 0 heterocycles. The predicted octanol–water partition coefficient (Wildman–Crippen LogP) is 0.119. The molecule has 0 aromatic carbocycles. The van der Waals surface area contributed by atoms with Crippen LogP contribution in [0.2, 0.25) is 0 Å². The van der Waals surface area contributed by atoms with Crippen molar-refractivity contribution in [3.05, 3.63) is 34.4 Å². The van der Waals surface area contributed by atoms with Crippen LogP contribution in [0.1, 0.15) is 0 Å². The van der Waals surface area contributed by atoms with Crippen molar-refractivity contribution in [1.82, 2.24) is 0 Å². The molecule has 54 valence electrons. The molecule has 0 saturated heterocycles. The van der Waals surface area contributed by atoms with Crippen LogP contribution in [0.15, 0.2) is 24.3 Å². The first-order chi connectivity index (χ1) is 4.72. The van der Waals surface area contributed by atoms with Crippen molar-refractivity contribution in [2.75, 3.05) is 0 Å². The van der Waals surface area contributed by atoms with Crippen LogP contribution in [0, 0.1) is 10.1 Å². The molecule has 1 rings (SSSR count). The molecule has 0 aromatic heterocycles. The number of nitro groups is 1. The lowest BCUT2D eigenvalue weighted by Crippen LogP contribution is -2.31. The SMILES string of the molecule is O=[N+]([O-])[C@H]1C=CC=C[C@@H]1O. The molecule has 10 heavy (non-hydrogen) atoms. The molecule has 0 bridgehead atoms. The van der Waals surface area contributed by atoms with E-state index in [-0.39, 0.29) is 0 Å². The summed E-state index contributed by atoms with van der Waals surface area (Å²) in [4.78, 5) is 9.62. The third-order valence-corrected chi connectivity index (χ3v) is 1.32. The normalized spacial score (nSPS) is 30.5. The Morgan fingerprint density at radius 1 is 1.40 bits per heavy atom. The number of allylic oxidation sites excluding steroid dienone is 2. The summed E-state index contributed by atoms with van der Waals surface area (Å²) in [6.07, 6.45) is 4.93. The maximum absolute atomic E-state index is 10.1. The van der Waals surface area contributed by atoms with Gasteiger partial charge in [-0.25, -0.2) is 0 Å². The van der Waals surface area contributed by atoms with Gasteiger partial charge in [0.15, 0.2) is 0 Å². The Hall–Kier alpha value is -1.16. The summed E-state index contributed by atoms with van der Waals surface area (Å²) < 4.78 is 0. The van der Waals surface area contributed by atoms with Gasteiger partial charge in [0.05, 0.1) is 0 Å². The molecule has 2 atom stereocenters. The van der Waals surface area contributed by atoms with Gasteiger partial charge in [-0.05, 0) is 12.2 Å². The standard InChI is InChI=1S/C6H7NO3/c8-6-4-2-1-3-5(6)7(9)10/h1-6,8H/t5-,6-/m0/s1. The second-order valence-corrected chi connectivity index (χ2v) is 2.04. The van der Waals surface area contributed by atoms with Crippen LogP contribution in [0.4, 0.5) is 0 Å². The Labute approximate surface area is 57.6 Å². The minimum Gasteiger partial charge on any atom is -0.381 e. The van der Waals surface area contributed by atoms with E-state index < -0.39 is 17.1 Å². The molecule has 4 nitrogen and oxygen atoms in total. The van der Waals surface area contributed by atoms with Crippen molar-refractivity contribution in [3.8, 4) is 0 Å². The average molecular weight is 141 g/mol. The van der Waals surface area contributed by atoms with Gasteiger partial charge >= 0.3 is 0 Å². The highest BCUT2D eigenvalue weighted by Gasteiger charge is 2.25. The average Bonchev–Trinajstić information content (AvgIpc) is 1.88. The van der Waals surface area contributed by atoms with Gasteiger partial charge in [-0.3, -0.25) is 10.1 Å². The maximum Gasteiger partial charge on any atom is 0.260 e. The van der Waals surface area contributed by atoms with E-state index in [0.717, 1.165) is 0 Å². The van der Waals surface area contributed by atoms with Gasteiger partial charge in [-0.1, -0.05) is 12.2 Å². The number of aliphatic hydroxyl groups excluding tert-OH is 1. The fourth-order valence-electron chi connectivity index (χ4n) is 0.779. The zero-order valence-corrected chi connectivity index (χ0v) is 5.18. The smallest absolute Gasteiger partial charge is 0.260 e.